The molecule has 8 nitrogen and oxygen atoms in total. The average Bonchev–Trinajstić information content (AvgIpc) is 3.01. The van der Waals surface area contributed by atoms with Crippen molar-refractivity contribution in [1.82, 2.24) is 9.80 Å². The molecule has 3 aliphatic heterocycles. The zero-order chi connectivity index (χ0) is 23.5. The third kappa shape index (κ3) is 4.47. The quantitative estimate of drug-likeness (QED) is 0.398. The predicted molar refractivity (Wildman–Crippen MR) is 137 cm³/mol. The summed E-state index contributed by atoms with van der Waals surface area (Å²) in [6, 6.07) is 12.4. The number of aliphatic imine (C=N–C) groups is 2. The van der Waals surface area contributed by atoms with Gasteiger partial charge in [-0.2, -0.15) is 0 Å². The lowest BCUT2D eigenvalue weighted by molar-refractivity contribution is -0.0949. The number of morpholine rings is 2. The van der Waals surface area contributed by atoms with Crippen molar-refractivity contribution in [2.75, 3.05) is 52.6 Å². The van der Waals surface area contributed by atoms with E-state index >= 15 is 4.39 Å². The summed E-state index contributed by atoms with van der Waals surface area (Å²) in [4.78, 5) is 14.5. The third-order valence-corrected chi connectivity index (χ3v) is 7.17. The molecular formula is C23H25FIN4O4P. The Balaban J connectivity index is 1.83. The van der Waals surface area contributed by atoms with Gasteiger partial charge in [0.15, 0.2) is 0 Å². The van der Waals surface area contributed by atoms with Crippen LogP contribution in [0, 0.1) is 9.39 Å². The SMILES string of the molecule is O=[PH2]OC1=Nc2ccc(I)cc2C(c2ccccc2F)=NC1(N1CCOCC1)N1CCOCC1. The van der Waals surface area contributed by atoms with Crippen LogP contribution in [0.2, 0.25) is 0 Å². The molecule has 2 aromatic carbocycles. The van der Waals surface area contributed by atoms with Gasteiger partial charge in [0.2, 0.25) is 14.5 Å². The van der Waals surface area contributed by atoms with Crippen molar-refractivity contribution in [3.05, 3.63) is 63.0 Å². The van der Waals surface area contributed by atoms with Crippen LogP contribution < -0.4 is 0 Å². The van der Waals surface area contributed by atoms with Gasteiger partial charge in [-0.15, -0.1) is 0 Å². The molecular weight excluding hydrogens is 573 g/mol. The molecule has 0 N–H and O–H groups in total. The topological polar surface area (TPSA) is 76.0 Å². The van der Waals surface area contributed by atoms with Crippen molar-refractivity contribution in [2.24, 2.45) is 9.98 Å². The fourth-order valence-corrected chi connectivity index (χ4v) is 5.41. The number of fused-ring (bicyclic) bond motifs is 1. The predicted octanol–water partition coefficient (Wildman–Crippen LogP) is 3.32. The fraction of sp³-hybridized carbons (Fsp3) is 0.391. The smallest absolute Gasteiger partial charge is 0.254 e. The van der Waals surface area contributed by atoms with E-state index in [1.807, 2.05) is 18.2 Å². The van der Waals surface area contributed by atoms with Crippen molar-refractivity contribution in [3.63, 3.8) is 0 Å². The van der Waals surface area contributed by atoms with E-state index in [1.165, 1.54) is 6.07 Å². The normalized spacial score (nSPS) is 21.6. The number of nitrogens with zero attached hydrogens (tertiary/aromatic N) is 4. The molecule has 0 aliphatic carbocycles. The molecule has 180 valence electrons. The van der Waals surface area contributed by atoms with Gasteiger partial charge in [-0.3, -0.25) is 14.4 Å². The Hall–Kier alpha value is -1.69. The Morgan fingerprint density at radius 2 is 1.62 bits per heavy atom. The van der Waals surface area contributed by atoms with Crippen molar-refractivity contribution >= 4 is 48.6 Å². The number of hydrogen-bond acceptors (Lipinski definition) is 8. The molecule has 0 spiro atoms. The summed E-state index contributed by atoms with van der Waals surface area (Å²) >= 11 is 2.23. The molecule has 34 heavy (non-hydrogen) atoms. The van der Waals surface area contributed by atoms with Crippen LogP contribution in [0.3, 0.4) is 0 Å². The Bertz CT molecular complexity index is 1120. The van der Waals surface area contributed by atoms with E-state index in [2.05, 4.69) is 32.4 Å². The highest BCUT2D eigenvalue weighted by atomic mass is 127. The van der Waals surface area contributed by atoms with Gasteiger partial charge < -0.3 is 14.0 Å². The minimum Gasteiger partial charge on any atom is -0.428 e. The van der Waals surface area contributed by atoms with Crippen molar-refractivity contribution < 1.29 is 23.0 Å². The Morgan fingerprint density at radius 1 is 0.971 bits per heavy atom. The number of hydrogen-bond donors (Lipinski definition) is 0. The van der Waals surface area contributed by atoms with Gasteiger partial charge >= 0.3 is 0 Å². The Morgan fingerprint density at radius 3 is 2.24 bits per heavy atom. The molecule has 11 heteroatoms. The Labute approximate surface area is 212 Å². The monoisotopic (exact) mass is 598 g/mol. The van der Waals surface area contributed by atoms with Crippen LogP contribution in [0.5, 0.6) is 0 Å². The van der Waals surface area contributed by atoms with Gasteiger partial charge in [-0.25, -0.2) is 14.4 Å². The first-order valence-corrected chi connectivity index (χ1v) is 13.2. The van der Waals surface area contributed by atoms with Gasteiger partial charge in [-0.05, 0) is 52.9 Å². The molecule has 3 aliphatic rings. The summed E-state index contributed by atoms with van der Waals surface area (Å²) in [7, 11) is -1.60. The maximum atomic E-state index is 15.2. The number of benzene rings is 2. The molecule has 3 heterocycles. The Kier molecular flexibility index (Phi) is 7.43. The maximum Gasteiger partial charge on any atom is 0.254 e. The highest BCUT2D eigenvalue weighted by Crippen LogP contribution is 2.38. The molecule has 0 saturated carbocycles. The van der Waals surface area contributed by atoms with E-state index in [9.17, 15) is 4.57 Å². The number of halogens is 2. The van der Waals surface area contributed by atoms with Gasteiger partial charge in [0.05, 0.1) is 37.8 Å². The van der Waals surface area contributed by atoms with E-state index in [0.29, 0.717) is 75.1 Å². The summed E-state index contributed by atoms with van der Waals surface area (Å²) < 4.78 is 45.2. The van der Waals surface area contributed by atoms with Crippen molar-refractivity contribution in [3.8, 4) is 0 Å². The van der Waals surface area contributed by atoms with Crippen LogP contribution in [0.4, 0.5) is 10.1 Å². The van der Waals surface area contributed by atoms with Crippen LogP contribution >= 0.6 is 31.3 Å². The minimum atomic E-state index is -1.60. The molecule has 1 unspecified atom stereocenters. The van der Waals surface area contributed by atoms with Gasteiger partial charge in [0.1, 0.15) is 5.82 Å². The lowest BCUT2D eigenvalue weighted by atomic mass is 10.00. The molecule has 0 radical (unpaired) electrons. The van der Waals surface area contributed by atoms with E-state index < -0.39 is 14.5 Å². The zero-order valence-corrected chi connectivity index (χ0v) is 21.8. The minimum absolute atomic E-state index is 0.232. The molecule has 2 aromatic rings. The first-order chi connectivity index (χ1) is 16.6. The fourth-order valence-electron chi connectivity index (χ4n) is 4.62. The second-order valence-corrected chi connectivity index (χ2v) is 9.74. The lowest BCUT2D eigenvalue weighted by Crippen LogP contribution is -2.68. The number of ether oxygens (including phenoxy) is 2. The summed E-state index contributed by atoms with van der Waals surface area (Å²) in [6.45, 7) is 4.31. The van der Waals surface area contributed by atoms with Crippen molar-refractivity contribution in [2.45, 2.75) is 5.79 Å². The van der Waals surface area contributed by atoms with Gasteiger partial charge in [0.25, 0.3) is 5.90 Å². The van der Waals surface area contributed by atoms with Gasteiger partial charge in [0, 0.05) is 40.9 Å². The summed E-state index contributed by atoms with van der Waals surface area (Å²) in [6.07, 6.45) is 0. The highest BCUT2D eigenvalue weighted by Gasteiger charge is 2.51. The summed E-state index contributed by atoms with van der Waals surface area (Å²) in [5, 5.41) is 0. The van der Waals surface area contributed by atoms with Crippen LogP contribution in [-0.4, -0.2) is 79.8 Å². The third-order valence-electron chi connectivity index (χ3n) is 6.18. The van der Waals surface area contributed by atoms with E-state index in [-0.39, 0.29) is 11.7 Å². The van der Waals surface area contributed by atoms with E-state index in [0.717, 1.165) is 3.57 Å². The molecule has 2 fully saturated rings. The molecule has 5 rings (SSSR count). The first-order valence-electron chi connectivity index (χ1n) is 11.1. The molecule has 1 atom stereocenters. The van der Waals surface area contributed by atoms with Crippen LogP contribution in [-0.2, 0) is 18.6 Å². The van der Waals surface area contributed by atoms with Crippen LogP contribution in [0.25, 0.3) is 0 Å². The molecule has 0 aromatic heterocycles. The lowest BCUT2D eigenvalue weighted by Gasteiger charge is -2.49. The first kappa shape index (κ1) is 24.0. The summed E-state index contributed by atoms with van der Waals surface area (Å²) in [5.41, 5.74) is 2.14. The zero-order valence-electron chi connectivity index (χ0n) is 18.5. The average molecular weight is 598 g/mol. The molecule has 2 saturated heterocycles. The van der Waals surface area contributed by atoms with Gasteiger partial charge in [-0.1, -0.05) is 12.1 Å². The highest BCUT2D eigenvalue weighted by molar-refractivity contribution is 14.1. The van der Waals surface area contributed by atoms with E-state index in [4.69, 9.17) is 24.0 Å². The molecule has 0 amide bonds. The second kappa shape index (κ2) is 10.5. The maximum absolute atomic E-state index is 15.2. The number of rotatable bonds is 4. The van der Waals surface area contributed by atoms with E-state index in [1.54, 1.807) is 18.2 Å². The second-order valence-electron chi connectivity index (χ2n) is 8.07. The van der Waals surface area contributed by atoms with Crippen LogP contribution in [0.1, 0.15) is 11.1 Å². The molecule has 0 bridgehead atoms. The van der Waals surface area contributed by atoms with Crippen molar-refractivity contribution in [1.29, 1.82) is 0 Å². The summed E-state index contributed by atoms with van der Waals surface area (Å²) in [5.74, 6) is -1.36. The van der Waals surface area contributed by atoms with Crippen LogP contribution in [0.15, 0.2) is 52.4 Å². The standard InChI is InChI=1S/C23H25FIN4O4P/c24-19-4-2-1-3-17(19)21-18-15-16(25)5-6-20(18)26-22(33-34-30)23(27-21,28-7-11-31-12-8-28)29-9-13-32-14-10-29/h1-6,15H,7-14,34H2. The largest absolute Gasteiger partial charge is 0.428 e.